The lowest BCUT2D eigenvalue weighted by atomic mass is 9.91. The monoisotopic (exact) mass is 407 g/mol. The van der Waals surface area contributed by atoms with Gasteiger partial charge < -0.3 is 10.3 Å². The number of aromatic nitrogens is 4. The molecule has 1 saturated heterocycles. The predicted octanol–water partition coefficient (Wildman–Crippen LogP) is 5.45. The summed E-state index contributed by atoms with van der Waals surface area (Å²) in [5.41, 5.74) is 7.44. The Morgan fingerprint density at radius 2 is 1.93 bits per heavy atom. The molecule has 2 N–H and O–H groups in total. The highest BCUT2D eigenvalue weighted by Crippen LogP contribution is 2.45. The number of nitrogens with one attached hydrogen (secondary N) is 2. The molecule has 152 valence electrons. The molecule has 1 aliphatic heterocycles. The van der Waals surface area contributed by atoms with E-state index in [1.54, 1.807) is 4.88 Å². The molecule has 29 heavy (non-hydrogen) atoms. The Morgan fingerprint density at radius 3 is 2.66 bits per heavy atom. The van der Waals surface area contributed by atoms with Crippen LogP contribution in [0.3, 0.4) is 0 Å². The zero-order chi connectivity index (χ0) is 20.3. The third-order valence-electron chi connectivity index (χ3n) is 6.26. The number of hydrogen-bond acceptors (Lipinski definition) is 4. The molecule has 6 heteroatoms. The molecule has 0 atom stereocenters. The van der Waals surface area contributed by atoms with Crippen LogP contribution in [0.15, 0.2) is 12.3 Å². The number of aryl methyl sites for hydroxylation is 3. The number of rotatable bonds is 3. The standard InChI is InChI=1S/C23H29N5S/c1-12(2)18-19-14(4)21(16-6-8-24-9-7-16)29-23(19)26-20(18)17-10-13(3)22-25-15(5)27-28(22)11-17/h10-12,16,24,26H,6-9H2,1-5H3. The number of nitrogens with zero attached hydrogens (tertiary/aromatic N) is 3. The first-order valence-corrected chi connectivity index (χ1v) is 11.4. The van der Waals surface area contributed by atoms with Gasteiger partial charge in [-0.15, -0.1) is 11.3 Å². The quantitative estimate of drug-likeness (QED) is 0.474. The molecule has 0 bridgehead atoms. The molecule has 1 fully saturated rings. The van der Waals surface area contributed by atoms with Crippen molar-refractivity contribution >= 4 is 27.2 Å². The van der Waals surface area contributed by atoms with Crippen LogP contribution in [0.25, 0.3) is 27.1 Å². The number of pyridine rings is 1. The Hall–Kier alpha value is -2.18. The summed E-state index contributed by atoms with van der Waals surface area (Å²) in [5.74, 6) is 1.95. The van der Waals surface area contributed by atoms with E-state index in [2.05, 4.69) is 60.3 Å². The molecule has 4 aromatic heterocycles. The van der Waals surface area contributed by atoms with Crippen LogP contribution in [-0.4, -0.2) is 32.7 Å². The van der Waals surface area contributed by atoms with Gasteiger partial charge in [0.1, 0.15) is 10.7 Å². The van der Waals surface area contributed by atoms with Crippen LogP contribution in [0, 0.1) is 20.8 Å². The minimum absolute atomic E-state index is 0.446. The lowest BCUT2D eigenvalue weighted by Crippen LogP contribution is -2.26. The van der Waals surface area contributed by atoms with Crippen molar-refractivity contribution < 1.29 is 0 Å². The maximum Gasteiger partial charge on any atom is 0.158 e. The largest absolute Gasteiger partial charge is 0.346 e. The molecule has 0 unspecified atom stereocenters. The fourth-order valence-electron chi connectivity index (χ4n) is 4.92. The fourth-order valence-corrected chi connectivity index (χ4v) is 6.32. The zero-order valence-corrected chi connectivity index (χ0v) is 18.7. The fraction of sp³-hybridized carbons (Fsp3) is 0.478. The molecule has 0 aromatic carbocycles. The van der Waals surface area contributed by atoms with Gasteiger partial charge in [0, 0.05) is 22.0 Å². The maximum atomic E-state index is 4.56. The van der Waals surface area contributed by atoms with E-state index in [9.17, 15) is 0 Å². The third-order valence-corrected chi connectivity index (χ3v) is 7.63. The van der Waals surface area contributed by atoms with Gasteiger partial charge in [-0.25, -0.2) is 9.50 Å². The average molecular weight is 408 g/mol. The summed E-state index contributed by atoms with van der Waals surface area (Å²) >= 11 is 1.97. The molecule has 0 aliphatic carbocycles. The number of hydrogen-bond donors (Lipinski definition) is 2. The van der Waals surface area contributed by atoms with Crippen LogP contribution in [0.1, 0.15) is 65.9 Å². The molecule has 4 aromatic rings. The van der Waals surface area contributed by atoms with Crippen LogP contribution in [-0.2, 0) is 0 Å². The molecule has 0 amide bonds. The van der Waals surface area contributed by atoms with E-state index in [0.717, 1.165) is 30.1 Å². The lowest BCUT2D eigenvalue weighted by molar-refractivity contribution is 0.464. The van der Waals surface area contributed by atoms with E-state index < -0.39 is 0 Å². The van der Waals surface area contributed by atoms with Gasteiger partial charge in [-0.3, -0.25) is 0 Å². The Bertz CT molecular complexity index is 1200. The van der Waals surface area contributed by atoms with Crippen molar-refractivity contribution in [1.82, 2.24) is 24.9 Å². The van der Waals surface area contributed by atoms with Gasteiger partial charge in [-0.05, 0) is 81.3 Å². The first kappa shape index (κ1) is 18.8. The zero-order valence-electron chi connectivity index (χ0n) is 17.9. The molecular weight excluding hydrogens is 378 g/mol. The third kappa shape index (κ3) is 3.01. The molecule has 5 heterocycles. The van der Waals surface area contributed by atoms with E-state index in [4.69, 9.17) is 0 Å². The molecule has 5 rings (SSSR count). The normalized spacial score (nSPS) is 15.9. The van der Waals surface area contributed by atoms with Gasteiger partial charge in [0.2, 0.25) is 0 Å². The summed E-state index contributed by atoms with van der Waals surface area (Å²) in [6.07, 6.45) is 4.61. The van der Waals surface area contributed by atoms with E-state index in [1.807, 2.05) is 22.8 Å². The van der Waals surface area contributed by atoms with Crippen LogP contribution < -0.4 is 5.32 Å². The van der Waals surface area contributed by atoms with Crippen molar-refractivity contribution in [3.63, 3.8) is 0 Å². The summed E-state index contributed by atoms with van der Waals surface area (Å²) in [6, 6.07) is 2.24. The highest BCUT2D eigenvalue weighted by atomic mass is 32.1. The highest BCUT2D eigenvalue weighted by molar-refractivity contribution is 7.19. The van der Waals surface area contributed by atoms with Crippen LogP contribution in [0.4, 0.5) is 0 Å². The Labute approximate surface area is 175 Å². The Morgan fingerprint density at radius 1 is 1.17 bits per heavy atom. The van der Waals surface area contributed by atoms with Crippen LogP contribution >= 0.6 is 11.3 Å². The molecular formula is C23H29N5S. The maximum absolute atomic E-state index is 4.56. The number of fused-ring (bicyclic) bond motifs is 2. The molecule has 0 radical (unpaired) electrons. The summed E-state index contributed by atoms with van der Waals surface area (Å²) < 4.78 is 1.92. The molecule has 5 nitrogen and oxygen atoms in total. The number of thiophene rings is 1. The van der Waals surface area contributed by atoms with Crippen molar-refractivity contribution in [2.75, 3.05) is 13.1 Å². The minimum Gasteiger partial charge on any atom is -0.346 e. The van der Waals surface area contributed by atoms with E-state index >= 15 is 0 Å². The summed E-state index contributed by atoms with van der Waals surface area (Å²) in [7, 11) is 0. The minimum atomic E-state index is 0.446. The van der Waals surface area contributed by atoms with Gasteiger partial charge in [0.25, 0.3) is 0 Å². The van der Waals surface area contributed by atoms with Crippen molar-refractivity contribution in [3.8, 4) is 11.3 Å². The topological polar surface area (TPSA) is 58.0 Å². The van der Waals surface area contributed by atoms with Crippen molar-refractivity contribution in [3.05, 3.63) is 39.7 Å². The van der Waals surface area contributed by atoms with Gasteiger partial charge in [0.05, 0.1) is 5.69 Å². The Kier molecular flexibility index (Phi) is 4.51. The van der Waals surface area contributed by atoms with E-state index in [0.29, 0.717) is 11.8 Å². The summed E-state index contributed by atoms with van der Waals surface area (Å²) in [4.78, 5) is 11.3. The van der Waals surface area contributed by atoms with Crippen LogP contribution in [0.2, 0.25) is 0 Å². The SMILES string of the molecule is Cc1nc2c(C)cc(-c3[nH]c4sc(C5CCNCC5)c(C)c4c3C(C)C)cn2n1. The molecule has 0 spiro atoms. The second-order valence-corrected chi connectivity index (χ2v) is 9.78. The first-order chi connectivity index (χ1) is 13.9. The summed E-state index contributed by atoms with van der Waals surface area (Å²) in [5, 5.41) is 9.50. The van der Waals surface area contributed by atoms with Gasteiger partial charge >= 0.3 is 0 Å². The van der Waals surface area contributed by atoms with E-state index in [1.165, 1.54) is 45.4 Å². The highest BCUT2D eigenvalue weighted by Gasteiger charge is 2.26. The second-order valence-electron chi connectivity index (χ2n) is 8.73. The van der Waals surface area contributed by atoms with Crippen molar-refractivity contribution in [2.24, 2.45) is 0 Å². The number of aromatic amines is 1. The summed E-state index contributed by atoms with van der Waals surface area (Å²) in [6.45, 7) is 13.3. The van der Waals surface area contributed by atoms with Crippen molar-refractivity contribution in [2.45, 2.75) is 59.3 Å². The number of piperidine rings is 1. The van der Waals surface area contributed by atoms with Gasteiger partial charge in [-0.1, -0.05) is 13.8 Å². The first-order valence-electron chi connectivity index (χ1n) is 10.6. The molecule has 1 aliphatic rings. The van der Waals surface area contributed by atoms with E-state index in [-0.39, 0.29) is 0 Å². The Balaban J connectivity index is 1.69. The average Bonchev–Trinajstić information content (AvgIpc) is 3.34. The second kappa shape index (κ2) is 6.96. The smallest absolute Gasteiger partial charge is 0.158 e. The van der Waals surface area contributed by atoms with Crippen LogP contribution in [0.5, 0.6) is 0 Å². The van der Waals surface area contributed by atoms with Gasteiger partial charge in [-0.2, -0.15) is 5.10 Å². The predicted molar refractivity (Wildman–Crippen MR) is 121 cm³/mol. The van der Waals surface area contributed by atoms with Gasteiger partial charge in [0.15, 0.2) is 5.65 Å². The lowest BCUT2D eigenvalue weighted by Gasteiger charge is -2.22. The molecule has 0 saturated carbocycles. The van der Waals surface area contributed by atoms with Crippen molar-refractivity contribution in [1.29, 1.82) is 0 Å². The number of H-pyrrole nitrogens is 1.